The molecule has 0 unspecified atom stereocenters. The van der Waals surface area contributed by atoms with Crippen molar-refractivity contribution in [2.24, 2.45) is 7.05 Å². The van der Waals surface area contributed by atoms with Crippen LogP contribution in [-0.4, -0.2) is 29.8 Å². The molecule has 0 radical (unpaired) electrons. The summed E-state index contributed by atoms with van der Waals surface area (Å²) < 4.78 is 4.13. The fourth-order valence-corrected chi connectivity index (χ4v) is 1.38. The lowest BCUT2D eigenvalue weighted by Crippen LogP contribution is -2.00. The van der Waals surface area contributed by atoms with Crippen molar-refractivity contribution in [2.45, 2.75) is 6.54 Å². The molecule has 0 aliphatic heterocycles. The fraction of sp³-hybridized carbons (Fsp3) is 0.333. The Bertz CT molecular complexity index is 366. The summed E-state index contributed by atoms with van der Waals surface area (Å²) in [5.41, 5.74) is 0.879. The summed E-state index contributed by atoms with van der Waals surface area (Å²) in [5.74, 6) is 0. The average Bonchev–Trinajstić information content (AvgIpc) is 2.62. The van der Waals surface area contributed by atoms with Crippen molar-refractivity contribution < 1.29 is 0 Å². The highest BCUT2D eigenvalue weighted by Gasteiger charge is 2.01. The van der Waals surface area contributed by atoms with E-state index in [4.69, 9.17) is 0 Å². The number of nitrogens with zero attached hydrogens (tertiary/aromatic N) is 6. The van der Waals surface area contributed by atoms with Crippen LogP contribution in [0.2, 0.25) is 0 Å². The Morgan fingerprint density at radius 1 is 1.54 bits per heavy atom. The van der Waals surface area contributed by atoms with Gasteiger partial charge in [-0.15, -0.1) is 10.2 Å². The summed E-state index contributed by atoms with van der Waals surface area (Å²) in [5, 5.41) is 11.9. The zero-order valence-electron chi connectivity index (χ0n) is 6.92. The summed E-state index contributed by atoms with van der Waals surface area (Å²) in [7, 11) is 1.83. The summed E-state index contributed by atoms with van der Waals surface area (Å²) in [6, 6.07) is 0. The molecule has 0 N–H and O–H groups in total. The lowest BCUT2D eigenvalue weighted by atomic mass is 10.5. The molecular weight excluding hydrogens is 283 g/mol. The molecule has 6 nitrogen and oxygen atoms in total. The molecular formula is C6H7IN6. The minimum Gasteiger partial charge on any atom is -0.255 e. The predicted molar refractivity (Wildman–Crippen MR) is 52.8 cm³/mol. The highest BCUT2D eigenvalue weighted by atomic mass is 127. The Balaban J connectivity index is 2.14. The third kappa shape index (κ3) is 2.02. The first-order valence-electron chi connectivity index (χ1n) is 3.64. The largest absolute Gasteiger partial charge is 0.255 e. The molecule has 2 aromatic rings. The lowest BCUT2D eigenvalue weighted by molar-refractivity contribution is 0.662. The maximum Gasteiger partial charge on any atom is 0.211 e. The Kier molecular flexibility index (Phi) is 2.25. The van der Waals surface area contributed by atoms with E-state index in [9.17, 15) is 0 Å². The highest BCUT2D eigenvalue weighted by Crippen LogP contribution is 1.98. The quantitative estimate of drug-likeness (QED) is 0.734. The molecule has 13 heavy (non-hydrogen) atoms. The van der Waals surface area contributed by atoms with E-state index in [1.807, 2.05) is 13.2 Å². The van der Waals surface area contributed by atoms with Gasteiger partial charge in [-0.1, -0.05) is 5.21 Å². The van der Waals surface area contributed by atoms with Crippen molar-refractivity contribution >= 4 is 22.6 Å². The van der Waals surface area contributed by atoms with Crippen molar-refractivity contribution in [3.8, 4) is 0 Å². The van der Waals surface area contributed by atoms with Gasteiger partial charge in [-0.3, -0.25) is 4.68 Å². The van der Waals surface area contributed by atoms with E-state index in [0.717, 1.165) is 9.53 Å². The molecule has 2 rings (SSSR count). The Labute approximate surface area is 88.1 Å². The lowest BCUT2D eigenvalue weighted by Gasteiger charge is -1.92. The molecule has 0 bridgehead atoms. The maximum atomic E-state index is 4.13. The minimum absolute atomic E-state index is 0.615. The van der Waals surface area contributed by atoms with Crippen LogP contribution < -0.4 is 0 Å². The van der Waals surface area contributed by atoms with Gasteiger partial charge in [0, 0.05) is 35.8 Å². The van der Waals surface area contributed by atoms with Crippen molar-refractivity contribution in [2.75, 3.05) is 0 Å². The normalized spacial score (nSPS) is 10.6. The molecule has 0 saturated heterocycles. The Morgan fingerprint density at radius 3 is 2.92 bits per heavy atom. The molecule has 68 valence electrons. The average molecular weight is 290 g/mol. The highest BCUT2D eigenvalue weighted by molar-refractivity contribution is 14.1. The van der Waals surface area contributed by atoms with Crippen LogP contribution in [0.25, 0.3) is 0 Å². The van der Waals surface area contributed by atoms with E-state index >= 15 is 0 Å². The number of hydrogen-bond acceptors (Lipinski definition) is 4. The van der Waals surface area contributed by atoms with E-state index in [2.05, 4.69) is 43.0 Å². The molecule has 0 spiro atoms. The summed E-state index contributed by atoms with van der Waals surface area (Å²) in [6.07, 6.45) is 3.53. The summed E-state index contributed by atoms with van der Waals surface area (Å²) in [4.78, 5) is 4.00. The fourth-order valence-electron chi connectivity index (χ4n) is 0.982. The van der Waals surface area contributed by atoms with E-state index in [1.165, 1.54) is 0 Å². The number of hydrogen-bond donors (Lipinski definition) is 0. The van der Waals surface area contributed by atoms with E-state index in [0.29, 0.717) is 6.54 Å². The SMILES string of the molecule is Cn1cc(Cn2cnc(I)n2)nn1. The Morgan fingerprint density at radius 2 is 2.38 bits per heavy atom. The molecule has 0 aliphatic carbocycles. The van der Waals surface area contributed by atoms with Crippen LogP contribution in [0.1, 0.15) is 5.69 Å². The first-order valence-corrected chi connectivity index (χ1v) is 4.72. The number of aryl methyl sites for hydroxylation is 1. The van der Waals surface area contributed by atoms with Crippen LogP contribution in [0.5, 0.6) is 0 Å². The third-order valence-corrected chi connectivity index (χ3v) is 1.98. The zero-order chi connectivity index (χ0) is 9.26. The van der Waals surface area contributed by atoms with Crippen LogP contribution in [0.15, 0.2) is 12.5 Å². The van der Waals surface area contributed by atoms with Gasteiger partial charge in [-0.25, -0.2) is 9.67 Å². The molecule has 2 aromatic heterocycles. The minimum atomic E-state index is 0.615. The standard InChI is InChI=1S/C6H7IN6/c1-12-2-5(9-11-12)3-13-4-8-6(7)10-13/h2,4H,3H2,1H3. The molecule has 0 amide bonds. The van der Waals surface area contributed by atoms with E-state index < -0.39 is 0 Å². The molecule has 0 atom stereocenters. The van der Waals surface area contributed by atoms with Crippen LogP contribution >= 0.6 is 22.6 Å². The second kappa shape index (κ2) is 3.40. The summed E-state index contributed by atoms with van der Waals surface area (Å²) >= 11 is 2.06. The van der Waals surface area contributed by atoms with Gasteiger partial charge in [0.2, 0.25) is 3.83 Å². The van der Waals surface area contributed by atoms with Gasteiger partial charge in [0.15, 0.2) is 0 Å². The molecule has 0 aromatic carbocycles. The van der Waals surface area contributed by atoms with Crippen LogP contribution in [0.3, 0.4) is 0 Å². The van der Waals surface area contributed by atoms with Gasteiger partial charge in [0.1, 0.15) is 12.0 Å². The van der Waals surface area contributed by atoms with Crippen molar-refractivity contribution in [3.63, 3.8) is 0 Å². The van der Waals surface area contributed by atoms with Gasteiger partial charge < -0.3 is 0 Å². The topological polar surface area (TPSA) is 61.4 Å². The zero-order valence-corrected chi connectivity index (χ0v) is 9.08. The maximum absolute atomic E-state index is 4.13. The van der Waals surface area contributed by atoms with E-state index in [-0.39, 0.29) is 0 Å². The number of aromatic nitrogens is 6. The van der Waals surface area contributed by atoms with Crippen molar-refractivity contribution in [3.05, 3.63) is 22.0 Å². The van der Waals surface area contributed by atoms with Crippen molar-refractivity contribution in [1.29, 1.82) is 0 Å². The first kappa shape index (κ1) is 8.60. The molecule has 7 heteroatoms. The molecule has 2 heterocycles. The summed E-state index contributed by atoms with van der Waals surface area (Å²) in [6.45, 7) is 0.615. The third-order valence-electron chi connectivity index (χ3n) is 1.48. The van der Waals surface area contributed by atoms with Gasteiger partial charge in [0.05, 0.1) is 6.54 Å². The monoisotopic (exact) mass is 290 g/mol. The number of rotatable bonds is 2. The second-order valence-electron chi connectivity index (χ2n) is 2.59. The van der Waals surface area contributed by atoms with Crippen molar-refractivity contribution in [1.82, 2.24) is 29.8 Å². The van der Waals surface area contributed by atoms with Crippen LogP contribution in [-0.2, 0) is 13.6 Å². The molecule has 0 aliphatic rings. The second-order valence-corrected chi connectivity index (χ2v) is 3.56. The predicted octanol–water partition coefficient (Wildman–Crippen LogP) is 0.0595. The van der Waals surface area contributed by atoms with E-state index in [1.54, 1.807) is 15.7 Å². The Hall–Kier alpha value is -0.990. The smallest absolute Gasteiger partial charge is 0.211 e. The molecule has 0 fully saturated rings. The first-order chi connectivity index (χ1) is 6.24. The van der Waals surface area contributed by atoms with Gasteiger partial charge >= 0.3 is 0 Å². The number of halogens is 1. The van der Waals surface area contributed by atoms with Crippen LogP contribution in [0.4, 0.5) is 0 Å². The van der Waals surface area contributed by atoms with Crippen LogP contribution in [0, 0.1) is 3.83 Å². The van der Waals surface area contributed by atoms with Gasteiger partial charge in [-0.05, 0) is 0 Å². The van der Waals surface area contributed by atoms with Gasteiger partial charge in [-0.2, -0.15) is 0 Å². The van der Waals surface area contributed by atoms with Gasteiger partial charge in [0.25, 0.3) is 0 Å². The molecule has 0 saturated carbocycles.